The van der Waals surface area contributed by atoms with Gasteiger partial charge < -0.3 is 0 Å². The SMILES string of the molecule is [Fe].c1ccc2ccccc2c1. The van der Waals surface area contributed by atoms with Crippen LogP contribution in [-0.4, -0.2) is 0 Å². The van der Waals surface area contributed by atoms with Crippen LogP contribution in [0.15, 0.2) is 48.5 Å². The Hall–Kier alpha value is -0.781. The molecule has 1 heteroatoms. The molecule has 0 atom stereocenters. The number of hydrogen-bond acceptors (Lipinski definition) is 0. The molecule has 0 aromatic heterocycles. The Kier molecular flexibility index (Phi) is 2.69. The maximum atomic E-state index is 2.12. The molecular weight excluding hydrogens is 176 g/mol. The van der Waals surface area contributed by atoms with E-state index in [1.54, 1.807) is 0 Å². The third kappa shape index (κ3) is 1.62. The quantitative estimate of drug-likeness (QED) is 0.552. The predicted octanol–water partition coefficient (Wildman–Crippen LogP) is 2.84. The fraction of sp³-hybridized carbons (Fsp3) is 0. The minimum atomic E-state index is 0. The molecule has 0 bridgehead atoms. The van der Waals surface area contributed by atoms with Crippen LogP contribution >= 0.6 is 0 Å². The number of benzene rings is 2. The van der Waals surface area contributed by atoms with Crippen LogP contribution in [0.2, 0.25) is 0 Å². The van der Waals surface area contributed by atoms with Gasteiger partial charge in [0.2, 0.25) is 0 Å². The molecule has 0 spiro atoms. The van der Waals surface area contributed by atoms with Gasteiger partial charge >= 0.3 is 0 Å². The van der Waals surface area contributed by atoms with Gasteiger partial charge in [-0.1, -0.05) is 48.5 Å². The van der Waals surface area contributed by atoms with E-state index in [1.807, 2.05) is 0 Å². The van der Waals surface area contributed by atoms with E-state index in [9.17, 15) is 0 Å². The Labute approximate surface area is 76.7 Å². The molecule has 56 valence electrons. The van der Waals surface area contributed by atoms with Crippen molar-refractivity contribution in [3.05, 3.63) is 48.5 Å². The second-order valence-electron chi connectivity index (χ2n) is 2.35. The summed E-state index contributed by atoms with van der Waals surface area (Å²) in [5.74, 6) is 0. The molecule has 0 unspecified atom stereocenters. The summed E-state index contributed by atoms with van der Waals surface area (Å²) >= 11 is 0. The third-order valence-electron chi connectivity index (χ3n) is 1.66. The molecule has 11 heavy (non-hydrogen) atoms. The topological polar surface area (TPSA) is 0 Å². The van der Waals surface area contributed by atoms with Crippen LogP contribution in [0.25, 0.3) is 10.8 Å². The molecule has 0 radical (unpaired) electrons. The normalized spacial score (nSPS) is 9.09. The average Bonchev–Trinajstić information content (AvgIpc) is 2.05. The summed E-state index contributed by atoms with van der Waals surface area (Å²) < 4.78 is 0. The van der Waals surface area contributed by atoms with Gasteiger partial charge in [0.1, 0.15) is 0 Å². The van der Waals surface area contributed by atoms with Crippen LogP contribution in [0, 0.1) is 0 Å². The third-order valence-corrected chi connectivity index (χ3v) is 1.66. The van der Waals surface area contributed by atoms with Crippen LogP contribution in [0.4, 0.5) is 0 Å². The van der Waals surface area contributed by atoms with Gasteiger partial charge in [0.05, 0.1) is 0 Å². The van der Waals surface area contributed by atoms with Crippen molar-refractivity contribution in [1.82, 2.24) is 0 Å². The maximum absolute atomic E-state index is 2.12. The van der Waals surface area contributed by atoms with Gasteiger partial charge in [-0.15, -0.1) is 0 Å². The summed E-state index contributed by atoms with van der Waals surface area (Å²) in [7, 11) is 0. The molecule has 0 fully saturated rings. The second kappa shape index (κ2) is 3.56. The molecular formula is C10H8Fe. The average molecular weight is 184 g/mol. The van der Waals surface area contributed by atoms with Crippen LogP contribution in [0.1, 0.15) is 0 Å². The predicted molar refractivity (Wildman–Crippen MR) is 43.9 cm³/mol. The monoisotopic (exact) mass is 184 g/mol. The van der Waals surface area contributed by atoms with Gasteiger partial charge in [-0.3, -0.25) is 0 Å². The van der Waals surface area contributed by atoms with Gasteiger partial charge in [0, 0.05) is 17.1 Å². The molecule has 0 amide bonds. The molecule has 0 saturated carbocycles. The molecule has 0 aliphatic heterocycles. The minimum absolute atomic E-state index is 0. The van der Waals surface area contributed by atoms with Gasteiger partial charge in [-0.25, -0.2) is 0 Å². The van der Waals surface area contributed by atoms with E-state index < -0.39 is 0 Å². The first-order valence-corrected chi connectivity index (χ1v) is 3.40. The molecule has 0 aliphatic rings. The molecule has 0 saturated heterocycles. The zero-order valence-electron chi connectivity index (χ0n) is 5.97. The maximum Gasteiger partial charge on any atom is 0 e. The second-order valence-corrected chi connectivity index (χ2v) is 2.35. The Morgan fingerprint density at radius 3 is 1.09 bits per heavy atom. The van der Waals surface area contributed by atoms with E-state index in [1.165, 1.54) is 10.8 Å². The molecule has 2 rings (SSSR count). The van der Waals surface area contributed by atoms with E-state index in [0.29, 0.717) is 0 Å². The van der Waals surface area contributed by atoms with Crippen molar-refractivity contribution in [3.63, 3.8) is 0 Å². The van der Waals surface area contributed by atoms with Crippen molar-refractivity contribution in [2.75, 3.05) is 0 Å². The van der Waals surface area contributed by atoms with E-state index in [2.05, 4.69) is 48.5 Å². The van der Waals surface area contributed by atoms with Crippen LogP contribution in [0.5, 0.6) is 0 Å². The minimum Gasteiger partial charge on any atom is -0.0616 e. The molecule has 0 aliphatic carbocycles. The number of rotatable bonds is 0. The van der Waals surface area contributed by atoms with E-state index in [4.69, 9.17) is 0 Å². The van der Waals surface area contributed by atoms with Gasteiger partial charge in [-0.2, -0.15) is 0 Å². The van der Waals surface area contributed by atoms with Crippen molar-refractivity contribution >= 4 is 10.8 Å². The standard InChI is InChI=1S/C10H8.Fe/c1-2-6-10-8-4-3-7-9(10)5-1;/h1-8H;. The van der Waals surface area contributed by atoms with Gasteiger partial charge in [-0.05, 0) is 10.8 Å². The van der Waals surface area contributed by atoms with Crippen molar-refractivity contribution in [3.8, 4) is 0 Å². The first-order chi connectivity index (χ1) is 4.97. The fourth-order valence-corrected chi connectivity index (χ4v) is 1.13. The summed E-state index contributed by atoms with van der Waals surface area (Å²) in [6.45, 7) is 0. The van der Waals surface area contributed by atoms with Crippen LogP contribution < -0.4 is 0 Å². The Balaban J connectivity index is 0.000000605. The zero-order chi connectivity index (χ0) is 6.81. The molecule has 0 N–H and O–H groups in total. The van der Waals surface area contributed by atoms with E-state index >= 15 is 0 Å². The summed E-state index contributed by atoms with van der Waals surface area (Å²) in [4.78, 5) is 0. The number of fused-ring (bicyclic) bond motifs is 1. The molecule has 0 nitrogen and oxygen atoms in total. The largest absolute Gasteiger partial charge is 0.0616 e. The van der Waals surface area contributed by atoms with Gasteiger partial charge in [0.25, 0.3) is 0 Å². The van der Waals surface area contributed by atoms with Gasteiger partial charge in [0.15, 0.2) is 0 Å². The fourth-order valence-electron chi connectivity index (χ4n) is 1.13. The summed E-state index contributed by atoms with van der Waals surface area (Å²) in [5, 5.41) is 2.62. The first-order valence-electron chi connectivity index (χ1n) is 3.40. The zero-order valence-corrected chi connectivity index (χ0v) is 7.08. The Morgan fingerprint density at radius 2 is 0.818 bits per heavy atom. The Bertz CT molecular complexity index is 276. The van der Waals surface area contributed by atoms with Crippen molar-refractivity contribution in [2.24, 2.45) is 0 Å². The van der Waals surface area contributed by atoms with Crippen molar-refractivity contribution < 1.29 is 17.1 Å². The van der Waals surface area contributed by atoms with Crippen LogP contribution in [0.3, 0.4) is 0 Å². The molecule has 2 aromatic carbocycles. The smallest absolute Gasteiger partial charge is 0 e. The van der Waals surface area contributed by atoms with Crippen LogP contribution in [-0.2, 0) is 17.1 Å². The first kappa shape index (κ1) is 8.32. The van der Waals surface area contributed by atoms with Crippen molar-refractivity contribution in [1.29, 1.82) is 0 Å². The summed E-state index contributed by atoms with van der Waals surface area (Å²) in [6.07, 6.45) is 0. The summed E-state index contributed by atoms with van der Waals surface area (Å²) in [5.41, 5.74) is 0. The van der Waals surface area contributed by atoms with Crippen molar-refractivity contribution in [2.45, 2.75) is 0 Å². The number of hydrogen-bond donors (Lipinski definition) is 0. The van der Waals surface area contributed by atoms with E-state index in [-0.39, 0.29) is 17.1 Å². The Morgan fingerprint density at radius 1 is 0.545 bits per heavy atom. The van der Waals surface area contributed by atoms with E-state index in [0.717, 1.165) is 0 Å². The molecule has 2 aromatic rings. The summed E-state index contributed by atoms with van der Waals surface area (Å²) in [6, 6.07) is 16.7. The molecule has 0 heterocycles.